The summed E-state index contributed by atoms with van der Waals surface area (Å²) in [5.74, 6) is 0.0131. The molecule has 112 valence electrons. The second-order valence-corrected chi connectivity index (χ2v) is 4.83. The number of rotatable bonds is 4. The summed E-state index contributed by atoms with van der Waals surface area (Å²) in [6.45, 7) is 1.63. The molecule has 0 unspecified atom stereocenters. The highest BCUT2D eigenvalue weighted by Gasteiger charge is 2.15. The molecule has 3 aromatic rings. The number of para-hydroxylation sites is 1. The van der Waals surface area contributed by atoms with Gasteiger partial charge in [-0.3, -0.25) is 4.79 Å². The van der Waals surface area contributed by atoms with Crippen molar-refractivity contribution >= 4 is 28.7 Å². The Kier molecular flexibility index (Phi) is 3.34. The van der Waals surface area contributed by atoms with Crippen molar-refractivity contribution in [3.8, 4) is 5.69 Å². The number of benzene rings is 1. The molecule has 0 aliphatic carbocycles. The van der Waals surface area contributed by atoms with Crippen LogP contribution in [0.15, 0.2) is 36.5 Å². The Morgan fingerprint density at radius 2 is 2.00 bits per heavy atom. The molecule has 22 heavy (non-hydrogen) atoms. The van der Waals surface area contributed by atoms with Crippen LogP contribution in [0.5, 0.6) is 0 Å². The van der Waals surface area contributed by atoms with Crippen molar-refractivity contribution in [1.82, 2.24) is 19.7 Å². The Balaban J connectivity index is 2.09. The molecule has 2 heterocycles. The Labute approximate surface area is 126 Å². The molecular weight excluding hydrogens is 282 g/mol. The largest absolute Gasteiger partial charge is 0.383 e. The Bertz CT molecular complexity index is 828. The predicted octanol–water partition coefficient (Wildman–Crippen LogP) is 0.683. The molecule has 8 nitrogen and oxygen atoms in total. The average molecular weight is 297 g/mol. The molecule has 2 aromatic heterocycles. The number of carbonyl (C=O) groups is 1. The maximum atomic E-state index is 11.1. The fourth-order valence-electron chi connectivity index (χ4n) is 2.02. The number of nitrogens with two attached hydrogens (primary N) is 2. The quantitative estimate of drug-likeness (QED) is 0.650. The van der Waals surface area contributed by atoms with E-state index in [1.54, 1.807) is 17.8 Å². The van der Waals surface area contributed by atoms with Crippen LogP contribution in [0.1, 0.15) is 6.92 Å². The van der Waals surface area contributed by atoms with Crippen molar-refractivity contribution in [2.45, 2.75) is 13.0 Å². The summed E-state index contributed by atoms with van der Waals surface area (Å²) in [7, 11) is 0. The predicted molar refractivity (Wildman–Crippen MR) is 83.4 cm³/mol. The monoisotopic (exact) mass is 297 g/mol. The van der Waals surface area contributed by atoms with Gasteiger partial charge in [0, 0.05) is 0 Å². The number of carbonyl (C=O) groups excluding carboxylic acids is 1. The Hall–Kier alpha value is -3.16. The van der Waals surface area contributed by atoms with E-state index in [9.17, 15) is 4.79 Å². The zero-order chi connectivity index (χ0) is 15.7. The molecule has 0 aliphatic heterocycles. The van der Waals surface area contributed by atoms with Crippen LogP contribution in [-0.4, -0.2) is 31.7 Å². The summed E-state index contributed by atoms with van der Waals surface area (Å²) in [5.41, 5.74) is 12.6. The van der Waals surface area contributed by atoms with Gasteiger partial charge in [-0.2, -0.15) is 15.1 Å². The number of nitrogens with one attached hydrogen (secondary N) is 1. The molecule has 0 radical (unpaired) electrons. The normalized spacial score (nSPS) is 12.2. The molecule has 0 aliphatic rings. The first-order valence-electron chi connectivity index (χ1n) is 6.69. The number of aromatic nitrogens is 4. The lowest BCUT2D eigenvalue weighted by Crippen LogP contribution is -2.33. The Morgan fingerprint density at radius 1 is 1.27 bits per heavy atom. The highest BCUT2D eigenvalue weighted by Crippen LogP contribution is 2.22. The fourth-order valence-corrected chi connectivity index (χ4v) is 2.02. The minimum atomic E-state index is -0.607. The molecule has 0 saturated carbocycles. The van der Waals surface area contributed by atoms with Crippen LogP contribution in [-0.2, 0) is 4.79 Å². The van der Waals surface area contributed by atoms with E-state index in [4.69, 9.17) is 11.5 Å². The molecule has 1 amide bonds. The maximum absolute atomic E-state index is 11.1. The number of primary amides is 1. The number of anilines is 2. The first-order chi connectivity index (χ1) is 10.6. The summed E-state index contributed by atoms with van der Waals surface area (Å²) in [4.78, 5) is 19.7. The van der Waals surface area contributed by atoms with E-state index in [0.717, 1.165) is 5.69 Å². The van der Waals surface area contributed by atoms with E-state index in [1.807, 2.05) is 30.3 Å². The van der Waals surface area contributed by atoms with Gasteiger partial charge in [-0.15, -0.1) is 0 Å². The smallest absolute Gasteiger partial charge is 0.239 e. The molecule has 1 aromatic carbocycles. The summed E-state index contributed by atoms with van der Waals surface area (Å²) < 4.78 is 1.66. The highest BCUT2D eigenvalue weighted by atomic mass is 16.1. The summed E-state index contributed by atoms with van der Waals surface area (Å²) >= 11 is 0. The summed E-state index contributed by atoms with van der Waals surface area (Å²) in [5, 5.41) is 7.76. The van der Waals surface area contributed by atoms with Crippen LogP contribution in [0.3, 0.4) is 0 Å². The average Bonchev–Trinajstić information content (AvgIpc) is 2.92. The first-order valence-corrected chi connectivity index (χ1v) is 6.69. The lowest BCUT2D eigenvalue weighted by atomic mass is 10.3. The van der Waals surface area contributed by atoms with Crippen LogP contribution in [0.25, 0.3) is 16.7 Å². The number of hydrogen-bond donors (Lipinski definition) is 3. The number of nitrogens with zero attached hydrogens (tertiary/aromatic N) is 4. The van der Waals surface area contributed by atoms with Gasteiger partial charge in [0.1, 0.15) is 11.9 Å². The molecule has 5 N–H and O–H groups in total. The second-order valence-electron chi connectivity index (χ2n) is 4.83. The highest BCUT2D eigenvalue weighted by molar-refractivity contribution is 5.88. The van der Waals surface area contributed by atoms with Gasteiger partial charge in [0.2, 0.25) is 11.9 Å². The zero-order valence-corrected chi connectivity index (χ0v) is 11.9. The van der Waals surface area contributed by atoms with Crippen molar-refractivity contribution in [3.05, 3.63) is 36.5 Å². The van der Waals surface area contributed by atoms with Crippen molar-refractivity contribution in [2.75, 3.05) is 11.1 Å². The SMILES string of the molecule is C[C@H](Nc1nc(N)c2cnn(-c3ccccc3)c2n1)C(N)=O. The third-order valence-electron chi connectivity index (χ3n) is 3.23. The van der Waals surface area contributed by atoms with E-state index in [0.29, 0.717) is 11.0 Å². The maximum Gasteiger partial charge on any atom is 0.239 e. The van der Waals surface area contributed by atoms with Crippen LogP contribution >= 0.6 is 0 Å². The lowest BCUT2D eigenvalue weighted by molar-refractivity contribution is -0.118. The van der Waals surface area contributed by atoms with Gasteiger partial charge in [0.25, 0.3) is 0 Å². The minimum absolute atomic E-state index is 0.231. The zero-order valence-electron chi connectivity index (χ0n) is 11.9. The van der Waals surface area contributed by atoms with Gasteiger partial charge < -0.3 is 16.8 Å². The topological polar surface area (TPSA) is 125 Å². The third kappa shape index (κ3) is 2.41. The van der Waals surface area contributed by atoms with Gasteiger partial charge >= 0.3 is 0 Å². The minimum Gasteiger partial charge on any atom is -0.383 e. The van der Waals surface area contributed by atoms with Crippen LogP contribution in [0.4, 0.5) is 11.8 Å². The molecule has 8 heteroatoms. The number of amides is 1. The van der Waals surface area contributed by atoms with Gasteiger partial charge in [-0.05, 0) is 19.1 Å². The number of nitrogen functional groups attached to an aromatic ring is 1. The van der Waals surface area contributed by atoms with Gasteiger partial charge in [-0.25, -0.2) is 4.68 Å². The van der Waals surface area contributed by atoms with Gasteiger partial charge in [0.15, 0.2) is 5.65 Å². The number of hydrogen-bond acceptors (Lipinski definition) is 6. The second kappa shape index (κ2) is 5.32. The molecule has 0 fully saturated rings. The lowest BCUT2D eigenvalue weighted by Gasteiger charge is -2.11. The van der Waals surface area contributed by atoms with E-state index >= 15 is 0 Å². The van der Waals surface area contributed by atoms with E-state index in [2.05, 4.69) is 20.4 Å². The van der Waals surface area contributed by atoms with E-state index in [1.165, 1.54) is 0 Å². The van der Waals surface area contributed by atoms with Crippen molar-refractivity contribution in [2.24, 2.45) is 5.73 Å². The molecular formula is C14H15N7O. The summed E-state index contributed by atoms with van der Waals surface area (Å²) in [6.07, 6.45) is 1.61. The van der Waals surface area contributed by atoms with Crippen molar-refractivity contribution < 1.29 is 4.79 Å². The van der Waals surface area contributed by atoms with Crippen LogP contribution < -0.4 is 16.8 Å². The molecule has 0 saturated heterocycles. The van der Waals surface area contributed by atoms with Crippen molar-refractivity contribution in [1.29, 1.82) is 0 Å². The first kappa shape index (κ1) is 13.8. The van der Waals surface area contributed by atoms with Gasteiger partial charge in [0.05, 0.1) is 17.3 Å². The Morgan fingerprint density at radius 3 is 2.68 bits per heavy atom. The van der Waals surface area contributed by atoms with Crippen LogP contribution in [0, 0.1) is 0 Å². The van der Waals surface area contributed by atoms with E-state index < -0.39 is 11.9 Å². The van der Waals surface area contributed by atoms with Crippen molar-refractivity contribution in [3.63, 3.8) is 0 Å². The molecule has 3 rings (SSSR count). The molecule has 0 bridgehead atoms. The van der Waals surface area contributed by atoms with Crippen LogP contribution in [0.2, 0.25) is 0 Å². The third-order valence-corrected chi connectivity index (χ3v) is 3.23. The van der Waals surface area contributed by atoms with Gasteiger partial charge in [-0.1, -0.05) is 18.2 Å². The fraction of sp³-hybridized carbons (Fsp3) is 0.143. The van der Waals surface area contributed by atoms with E-state index in [-0.39, 0.29) is 11.8 Å². The molecule has 1 atom stereocenters. The standard InChI is InChI=1S/C14H15N7O/c1-8(12(16)22)18-14-19-11(15)10-7-17-21(13(10)20-14)9-5-3-2-4-6-9/h2-8H,1H3,(H2,16,22)(H3,15,18,19,20)/t8-/m0/s1. The molecule has 0 spiro atoms. The number of fused-ring (bicyclic) bond motifs is 1. The summed E-state index contributed by atoms with van der Waals surface area (Å²) in [6, 6.07) is 8.93.